The maximum atomic E-state index is 13.1. The number of aliphatic hydroxyl groups is 2. The zero-order valence-corrected chi connectivity index (χ0v) is 37.8. The van der Waals surface area contributed by atoms with Crippen LogP contribution in [0.2, 0.25) is 0 Å². The summed E-state index contributed by atoms with van der Waals surface area (Å²) in [5.74, 6) is -0.710. The van der Waals surface area contributed by atoms with Crippen LogP contribution in [0, 0.1) is 0 Å². The number of ether oxygens (including phenoxy) is 1. The molecule has 0 bridgehead atoms. The minimum absolute atomic E-state index is 0.0745. The van der Waals surface area contributed by atoms with Crippen LogP contribution in [0.5, 0.6) is 0 Å². The molecule has 3 unspecified atom stereocenters. The highest BCUT2D eigenvalue weighted by Gasteiger charge is 2.23. The first-order valence-corrected chi connectivity index (χ1v) is 23.6. The maximum absolute atomic E-state index is 13.1. The maximum Gasteiger partial charge on any atom is 0.306 e. The van der Waals surface area contributed by atoms with Crippen molar-refractivity contribution in [3.05, 3.63) is 109 Å². The van der Waals surface area contributed by atoms with Crippen molar-refractivity contribution in [2.24, 2.45) is 0 Å². The van der Waals surface area contributed by atoms with Crippen molar-refractivity contribution in [1.82, 2.24) is 5.32 Å². The van der Waals surface area contributed by atoms with Crippen LogP contribution < -0.4 is 5.32 Å². The molecule has 0 fully saturated rings. The average Bonchev–Trinajstić information content (AvgIpc) is 3.23. The van der Waals surface area contributed by atoms with E-state index in [1.807, 2.05) is 6.08 Å². The standard InChI is InChI=1S/C53H87NO5/c1-4-7-10-13-16-19-21-23-25-26-27-29-31-34-37-40-43-46-53(58)59-49(44-41-38-35-33-30-28-24-22-20-17-14-11-8-5-2)47-52(57)54-50(48-55)51(56)45-42-39-36-32-18-15-12-9-6-3/h8,11,16-17,19-20,23-25,27-29,33-35,37,41,44,49-51,55-56H,4-7,9-10,12-15,18,21-22,26,30-32,36,38-40,42-43,45-48H2,1-3H3,(H,54,57)/b11-8+,19-16-,20-17+,25-23-,28-24+,29-27-,35-33+,37-34-,44-41+. The lowest BCUT2D eigenvalue weighted by molar-refractivity contribution is -0.148. The Labute approximate surface area is 362 Å². The monoisotopic (exact) mass is 818 g/mol. The van der Waals surface area contributed by atoms with Gasteiger partial charge >= 0.3 is 5.97 Å². The van der Waals surface area contributed by atoms with Gasteiger partial charge in [0.25, 0.3) is 0 Å². The predicted octanol–water partition coefficient (Wildman–Crippen LogP) is 13.9. The lowest BCUT2D eigenvalue weighted by atomic mass is 10.0. The van der Waals surface area contributed by atoms with Crippen molar-refractivity contribution in [1.29, 1.82) is 0 Å². The van der Waals surface area contributed by atoms with Gasteiger partial charge in [0, 0.05) is 6.42 Å². The van der Waals surface area contributed by atoms with Gasteiger partial charge in [-0.15, -0.1) is 0 Å². The van der Waals surface area contributed by atoms with Crippen LogP contribution in [0.4, 0.5) is 0 Å². The van der Waals surface area contributed by atoms with E-state index in [4.69, 9.17) is 4.74 Å². The number of carbonyl (C=O) groups excluding carboxylic acids is 2. The molecule has 0 aliphatic rings. The molecule has 0 aromatic rings. The number of carbonyl (C=O) groups is 2. The number of hydrogen-bond acceptors (Lipinski definition) is 5. The number of aliphatic hydroxyl groups excluding tert-OH is 2. The second kappa shape index (κ2) is 45.6. The van der Waals surface area contributed by atoms with Gasteiger partial charge in [-0.3, -0.25) is 9.59 Å². The van der Waals surface area contributed by atoms with Crippen LogP contribution in [0.25, 0.3) is 0 Å². The Bertz CT molecular complexity index is 1240. The van der Waals surface area contributed by atoms with E-state index < -0.39 is 18.2 Å². The number of rotatable bonds is 40. The molecule has 3 N–H and O–H groups in total. The van der Waals surface area contributed by atoms with Gasteiger partial charge < -0.3 is 20.3 Å². The summed E-state index contributed by atoms with van der Waals surface area (Å²) in [5, 5.41) is 23.5. The normalized spacial score (nSPS) is 14.3. The SMILES string of the molecule is CC/C=C/C/C=C/C/C=C/C/C=C/C/C=C/C(CC(=O)NC(CO)C(O)CCCCCCCCCCC)OC(=O)CCC/C=C\C/C=C\C/C=C\C/C=C\CCCCC. The molecule has 0 aromatic carbocycles. The van der Waals surface area contributed by atoms with Crippen molar-refractivity contribution in [3.63, 3.8) is 0 Å². The molecular formula is C53H87NO5. The number of amides is 1. The van der Waals surface area contributed by atoms with Gasteiger partial charge in [-0.05, 0) is 89.5 Å². The first-order valence-electron chi connectivity index (χ1n) is 23.6. The van der Waals surface area contributed by atoms with Crippen LogP contribution in [-0.4, -0.2) is 46.9 Å². The quantitative estimate of drug-likeness (QED) is 0.0325. The number of hydrogen-bond donors (Lipinski definition) is 3. The molecule has 334 valence electrons. The molecule has 0 aliphatic heterocycles. The molecule has 0 radical (unpaired) electrons. The Morgan fingerprint density at radius 2 is 0.949 bits per heavy atom. The van der Waals surface area contributed by atoms with E-state index in [0.717, 1.165) is 70.6 Å². The molecule has 0 aromatic heterocycles. The molecule has 6 heteroatoms. The molecule has 59 heavy (non-hydrogen) atoms. The summed E-state index contributed by atoms with van der Waals surface area (Å²) in [7, 11) is 0. The van der Waals surface area contributed by atoms with Crippen molar-refractivity contribution in [2.75, 3.05) is 6.61 Å². The molecule has 0 rings (SSSR count). The fraction of sp³-hybridized carbons (Fsp3) is 0.623. The van der Waals surface area contributed by atoms with E-state index in [9.17, 15) is 19.8 Å². The zero-order chi connectivity index (χ0) is 43.1. The minimum atomic E-state index is -0.832. The second-order valence-corrected chi connectivity index (χ2v) is 15.4. The summed E-state index contributed by atoms with van der Waals surface area (Å²) in [4.78, 5) is 25.9. The smallest absolute Gasteiger partial charge is 0.306 e. The summed E-state index contributed by atoms with van der Waals surface area (Å²) < 4.78 is 5.77. The Morgan fingerprint density at radius 1 is 0.525 bits per heavy atom. The van der Waals surface area contributed by atoms with E-state index in [1.165, 1.54) is 64.2 Å². The first kappa shape index (κ1) is 55.5. The Kier molecular flexibility index (Phi) is 42.9. The summed E-state index contributed by atoms with van der Waals surface area (Å²) in [5.41, 5.74) is 0. The second-order valence-electron chi connectivity index (χ2n) is 15.4. The third-order valence-electron chi connectivity index (χ3n) is 9.83. The number of esters is 1. The number of nitrogens with one attached hydrogen (secondary N) is 1. The fourth-order valence-electron chi connectivity index (χ4n) is 6.26. The van der Waals surface area contributed by atoms with Gasteiger partial charge in [-0.2, -0.15) is 0 Å². The van der Waals surface area contributed by atoms with Crippen LogP contribution in [0.3, 0.4) is 0 Å². The van der Waals surface area contributed by atoms with Crippen molar-refractivity contribution < 1.29 is 24.5 Å². The van der Waals surface area contributed by atoms with Gasteiger partial charge in [0.2, 0.25) is 5.91 Å². The zero-order valence-electron chi connectivity index (χ0n) is 37.8. The number of unbranched alkanes of at least 4 members (excludes halogenated alkanes) is 12. The van der Waals surface area contributed by atoms with Crippen LogP contribution >= 0.6 is 0 Å². The van der Waals surface area contributed by atoms with Gasteiger partial charge in [0.1, 0.15) is 6.10 Å². The third kappa shape index (κ3) is 41.1. The lowest BCUT2D eigenvalue weighted by Gasteiger charge is -2.23. The van der Waals surface area contributed by atoms with Crippen molar-refractivity contribution >= 4 is 11.9 Å². The van der Waals surface area contributed by atoms with E-state index in [-0.39, 0.29) is 31.3 Å². The summed E-state index contributed by atoms with van der Waals surface area (Å²) in [6.45, 7) is 6.24. The van der Waals surface area contributed by atoms with Crippen molar-refractivity contribution in [3.8, 4) is 0 Å². The predicted molar refractivity (Wildman–Crippen MR) is 254 cm³/mol. The molecule has 3 atom stereocenters. The van der Waals surface area contributed by atoms with Gasteiger partial charge in [-0.1, -0.05) is 195 Å². The van der Waals surface area contributed by atoms with Gasteiger partial charge in [-0.25, -0.2) is 0 Å². The summed E-state index contributed by atoms with van der Waals surface area (Å²) in [6, 6.07) is -0.758. The molecular weight excluding hydrogens is 731 g/mol. The third-order valence-corrected chi connectivity index (χ3v) is 9.83. The molecule has 6 nitrogen and oxygen atoms in total. The largest absolute Gasteiger partial charge is 0.458 e. The van der Waals surface area contributed by atoms with Crippen LogP contribution in [-0.2, 0) is 14.3 Å². The van der Waals surface area contributed by atoms with Crippen LogP contribution in [0.15, 0.2) is 109 Å². The highest BCUT2D eigenvalue weighted by atomic mass is 16.5. The fourth-order valence-corrected chi connectivity index (χ4v) is 6.26. The molecule has 0 aliphatic carbocycles. The lowest BCUT2D eigenvalue weighted by Crippen LogP contribution is -2.46. The molecule has 0 heterocycles. The molecule has 0 saturated heterocycles. The average molecular weight is 818 g/mol. The van der Waals surface area contributed by atoms with E-state index in [2.05, 4.69) is 123 Å². The van der Waals surface area contributed by atoms with Crippen molar-refractivity contribution in [2.45, 2.75) is 206 Å². The Morgan fingerprint density at radius 3 is 1.44 bits per heavy atom. The van der Waals surface area contributed by atoms with Crippen LogP contribution in [0.1, 0.15) is 188 Å². The highest BCUT2D eigenvalue weighted by molar-refractivity contribution is 5.78. The summed E-state index contributed by atoms with van der Waals surface area (Å²) >= 11 is 0. The Hall–Kier alpha value is -3.48. The minimum Gasteiger partial charge on any atom is -0.458 e. The van der Waals surface area contributed by atoms with Gasteiger partial charge in [0.05, 0.1) is 25.2 Å². The van der Waals surface area contributed by atoms with E-state index in [0.29, 0.717) is 19.3 Å². The number of allylic oxidation sites excluding steroid dienone is 17. The van der Waals surface area contributed by atoms with E-state index in [1.54, 1.807) is 6.08 Å². The van der Waals surface area contributed by atoms with Gasteiger partial charge in [0.15, 0.2) is 0 Å². The van der Waals surface area contributed by atoms with E-state index >= 15 is 0 Å². The summed E-state index contributed by atoms with van der Waals surface area (Å²) in [6.07, 6.45) is 61.8. The first-order chi connectivity index (χ1) is 29.0. The highest BCUT2D eigenvalue weighted by Crippen LogP contribution is 2.14. The molecule has 0 saturated carbocycles. The Balaban J connectivity index is 4.88. The topological polar surface area (TPSA) is 95.9 Å². The molecule has 0 spiro atoms. The molecule has 1 amide bonds.